The molecule has 0 aromatic heterocycles. The van der Waals surface area contributed by atoms with E-state index in [1.54, 1.807) is 0 Å². The number of unbranched alkanes of at least 4 members (excludes halogenated alkanes) is 53. The summed E-state index contributed by atoms with van der Waals surface area (Å²) in [5, 5.41) is 76.7. The van der Waals surface area contributed by atoms with E-state index in [0.717, 1.165) is 38.5 Å². The standard InChI is InChI=1S/C80H153NO10/c1-3-5-7-9-11-13-15-17-19-21-23-25-27-29-31-33-35-36-37-38-40-42-44-46-48-50-52-54-56-58-60-62-64-66-68-73(84)79(89)81-71(70-90-80-78(88)77(87)76(86)74(69-82)91-80)75(85)72(83)67-65-63-61-59-57-55-53-51-49-47-45-43-41-39-34-32-30-28-26-24-22-20-18-16-14-12-10-8-6-4-2/h33,35,51,53,59,61,71-78,80,82-88H,3-32,34,36-50,52,54-58,60,62-70H2,1-2H3,(H,81,89)/b35-33-,53-51+,61-59+. The first kappa shape index (κ1) is 87.3. The van der Waals surface area contributed by atoms with Crippen molar-refractivity contribution < 1.29 is 50.0 Å². The Morgan fingerprint density at radius 2 is 0.659 bits per heavy atom. The molecule has 0 aromatic rings. The highest BCUT2D eigenvalue weighted by Gasteiger charge is 2.44. The monoisotopic (exact) mass is 1290 g/mol. The maximum atomic E-state index is 13.3. The van der Waals surface area contributed by atoms with Crippen LogP contribution in [0.5, 0.6) is 0 Å². The predicted octanol–water partition coefficient (Wildman–Crippen LogP) is 20.5. The number of carbonyl (C=O) groups is 1. The molecule has 9 unspecified atom stereocenters. The number of carbonyl (C=O) groups excluding carboxylic acids is 1. The molecule has 1 saturated heterocycles. The van der Waals surface area contributed by atoms with Gasteiger partial charge >= 0.3 is 0 Å². The maximum absolute atomic E-state index is 13.3. The van der Waals surface area contributed by atoms with Crippen LogP contribution < -0.4 is 5.32 Å². The number of hydrogen-bond donors (Lipinski definition) is 8. The second kappa shape index (κ2) is 68.3. The summed E-state index contributed by atoms with van der Waals surface area (Å²) in [5.74, 6) is -0.703. The van der Waals surface area contributed by atoms with Crippen LogP contribution in [-0.4, -0.2) is 110 Å². The topological polar surface area (TPSA) is 189 Å². The van der Waals surface area contributed by atoms with Gasteiger partial charge in [0.05, 0.1) is 25.4 Å². The second-order valence-electron chi connectivity index (χ2n) is 28.1. The highest BCUT2D eigenvalue weighted by atomic mass is 16.7. The van der Waals surface area contributed by atoms with Gasteiger partial charge in [0.2, 0.25) is 5.91 Å². The highest BCUT2D eigenvalue weighted by Crippen LogP contribution is 2.24. The summed E-state index contributed by atoms with van der Waals surface area (Å²) in [6.07, 6.45) is 78.4. The van der Waals surface area contributed by atoms with Gasteiger partial charge in [0, 0.05) is 0 Å². The van der Waals surface area contributed by atoms with Crippen LogP contribution >= 0.6 is 0 Å². The minimum absolute atomic E-state index is 0.248. The number of hydrogen-bond acceptors (Lipinski definition) is 10. The molecule has 8 N–H and O–H groups in total. The van der Waals surface area contributed by atoms with Gasteiger partial charge in [-0.1, -0.05) is 359 Å². The quantitative estimate of drug-likeness (QED) is 0.0215. The summed E-state index contributed by atoms with van der Waals surface area (Å²) in [7, 11) is 0. The molecule has 1 heterocycles. The fourth-order valence-electron chi connectivity index (χ4n) is 13.0. The molecule has 0 spiro atoms. The lowest BCUT2D eigenvalue weighted by atomic mass is 9.98. The minimum Gasteiger partial charge on any atom is -0.394 e. The van der Waals surface area contributed by atoms with E-state index >= 15 is 0 Å². The number of allylic oxidation sites excluding steroid dienone is 6. The fourth-order valence-corrected chi connectivity index (χ4v) is 13.0. The van der Waals surface area contributed by atoms with E-state index in [-0.39, 0.29) is 12.8 Å². The van der Waals surface area contributed by atoms with Crippen molar-refractivity contribution in [1.82, 2.24) is 5.32 Å². The van der Waals surface area contributed by atoms with Crippen molar-refractivity contribution >= 4 is 5.91 Å². The van der Waals surface area contributed by atoms with E-state index in [1.165, 1.54) is 315 Å². The lowest BCUT2D eigenvalue weighted by Gasteiger charge is -2.40. The molecule has 1 aliphatic rings. The fraction of sp³-hybridized carbons (Fsp3) is 0.912. The average molecular weight is 1290 g/mol. The summed E-state index contributed by atoms with van der Waals surface area (Å²) in [4.78, 5) is 13.3. The molecule has 0 aliphatic carbocycles. The summed E-state index contributed by atoms with van der Waals surface area (Å²) < 4.78 is 11.2. The number of ether oxygens (including phenoxy) is 2. The van der Waals surface area contributed by atoms with E-state index in [0.29, 0.717) is 19.3 Å². The van der Waals surface area contributed by atoms with Gasteiger partial charge in [-0.25, -0.2) is 0 Å². The van der Waals surface area contributed by atoms with Crippen molar-refractivity contribution in [3.8, 4) is 0 Å². The van der Waals surface area contributed by atoms with E-state index in [4.69, 9.17) is 9.47 Å². The van der Waals surface area contributed by atoms with Gasteiger partial charge in [0.1, 0.15) is 36.6 Å². The van der Waals surface area contributed by atoms with Crippen LogP contribution in [0.25, 0.3) is 0 Å². The maximum Gasteiger partial charge on any atom is 0.249 e. The third-order valence-electron chi connectivity index (χ3n) is 19.4. The smallest absolute Gasteiger partial charge is 0.249 e. The third kappa shape index (κ3) is 55.1. The van der Waals surface area contributed by atoms with Crippen molar-refractivity contribution in [1.29, 1.82) is 0 Å². The van der Waals surface area contributed by atoms with Gasteiger partial charge in [0.15, 0.2) is 6.29 Å². The van der Waals surface area contributed by atoms with Gasteiger partial charge < -0.3 is 50.5 Å². The zero-order valence-electron chi connectivity index (χ0n) is 59.9. The van der Waals surface area contributed by atoms with Gasteiger partial charge in [-0.05, 0) is 77.0 Å². The van der Waals surface area contributed by atoms with Crippen LogP contribution in [0.2, 0.25) is 0 Å². The lowest BCUT2D eigenvalue weighted by Crippen LogP contribution is -2.60. The lowest BCUT2D eigenvalue weighted by molar-refractivity contribution is -0.303. The Morgan fingerprint density at radius 1 is 0.374 bits per heavy atom. The number of aliphatic hydroxyl groups excluding tert-OH is 7. The van der Waals surface area contributed by atoms with Crippen molar-refractivity contribution in [2.24, 2.45) is 0 Å². The van der Waals surface area contributed by atoms with Crippen molar-refractivity contribution in [3.05, 3.63) is 36.5 Å². The highest BCUT2D eigenvalue weighted by molar-refractivity contribution is 5.80. The number of aliphatic hydroxyl groups is 7. The van der Waals surface area contributed by atoms with Crippen molar-refractivity contribution in [2.75, 3.05) is 13.2 Å². The Hall–Kier alpha value is -1.67. The van der Waals surface area contributed by atoms with E-state index in [9.17, 15) is 40.5 Å². The van der Waals surface area contributed by atoms with Crippen LogP contribution in [0.15, 0.2) is 36.5 Å². The van der Waals surface area contributed by atoms with Crippen LogP contribution in [0, 0.1) is 0 Å². The van der Waals surface area contributed by atoms with Crippen molar-refractivity contribution in [3.63, 3.8) is 0 Å². The van der Waals surface area contributed by atoms with E-state index in [1.807, 2.05) is 0 Å². The molecule has 0 radical (unpaired) electrons. The number of rotatable bonds is 71. The third-order valence-corrected chi connectivity index (χ3v) is 19.4. The van der Waals surface area contributed by atoms with E-state index < -0.39 is 74.2 Å². The first-order chi connectivity index (χ1) is 44.7. The first-order valence-corrected chi connectivity index (χ1v) is 39.9. The SMILES string of the molecule is CCCCCCCCCCCCCCCC/C=C\CCCCCCCCCCCCCCCCCCC(O)C(=O)NC(COC1OC(CO)C(O)C(O)C1O)C(O)C(O)CCC/C=C/CC/C=C/CCCCCCCCCCCCCCCCCCCCCCC. The Balaban J connectivity index is 2.16. The zero-order valence-corrected chi connectivity index (χ0v) is 59.9. The predicted molar refractivity (Wildman–Crippen MR) is 385 cm³/mol. The second-order valence-corrected chi connectivity index (χ2v) is 28.1. The Kier molecular flexibility index (Phi) is 65.5. The molecule has 91 heavy (non-hydrogen) atoms. The van der Waals surface area contributed by atoms with Gasteiger partial charge in [0.25, 0.3) is 0 Å². The molecule has 1 fully saturated rings. The molecular formula is C80H153NO10. The molecule has 538 valence electrons. The summed E-state index contributed by atoms with van der Waals surface area (Å²) in [6.45, 7) is 3.51. The van der Waals surface area contributed by atoms with Crippen LogP contribution in [0.3, 0.4) is 0 Å². The number of amides is 1. The molecule has 0 bridgehead atoms. The van der Waals surface area contributed by atoms with Crippen molar-refractivity contribution in [2.45, 2.75) is 454 Å². The molecule has 9 atom stereocenters. The zero-order chi connectivity index (χ0) is 66.0. The Morgan fingerprint density at radius 3 is 0.978 bits per heavy atom. The van der Waals surface area contributed by atoms with Gasteiger partial charge in [-0.3, -0.25) is 4.79 Å². The molecule has 11 nitrogen and oxygen atoms in total. The molecule has 1 rings (SSSR count). The van der Waals surface area contributed by atoms with Crippen LogP contribution in [0.4, 0.5) is 0 Å². The van der Waals surface area contributed by atoms with Gasteiger partial charge in [-0.2, -0.15) is 0 Å². The summed E-state index contributed by atoms with van der Waals surface area (Å²) in [5.41, 5.74) is 0. The molecule has 0 saturated carbocycles. The molecule has 1 amide bonds. The Labute approximate surface area is 562 Å². The summed E-state index contributed by atoms with van der Waals surface area (Å²) >= 11 is 0. The van der Waals surface area contributed by atoms with Gasteiger partial charge in [-0.15, -0.1) is 0 Å². The number of nitrogens with one attached hydrogen (secondary N) is 1. The summed E-state index contributed by atoms with van der Waals surface area (Å²) in [6, 6.07) is -1.19. The van der Waals surface area contributed by atoms with Crippen LogP contribution in [0.1, 0.15) is 399 Å². The average Bonchev–Trinajstić information content (AvgIpc) is 1.05. The molecule has 0 aromatic carbocycles. The molecule has 1 aliphatic heterocycles. The molecular weight excluding hydrogens is 1130 g/mol. The van der Waals surface area contributed by atoms with E-state index in [2.05, 4.69) is 55.6 Å². The normalized spacial score (nSPS) is 18.5. The van der Waals surface area contributed by atoms with Crippen LogP contribution in [-0.2, 0) is 14.3 Å². The first-order valence-electron chi connectivity index (χ1n) is 39.9. The Bertz CT molecular complexity index is 1580. The molecule has 11 heteroatoms. The largest absolute Gasteiger partial charge is 0.394 e. The minimum atomic E-state index is -1.67.